The predicted octanol–water partition coefficient (Wildman–Crippen LogP) is 2.61. The van der Waals surface area contributed by atoms with E-state index in [1.807, 2.05) is 0 Å². The van der Waals surface area contributed by atoms with Crippen LogP contribution >= 0.6 is 15.9 Å². The third kappa shape index (κ3) is 4.06. The van der Waals surface area contributed by atoms with Gasteiger partial charge in [0.25, 0.3) is 0 Å². The van der Waals surface area contributed by atoms with Crippen LogP contribution < -0.4 is 15.0 Å². The Morgan fingerprint density at radius 3 is 3.05 bits per heavy atom. The number of rotatable bonds is 7. The first kappa shape index (κ1) is 15.5. The van der Waals surface area contributed by atoms with Crippen LogP contribution in [0.25, 0.3) is 0 Å². The van der Waals surface area contributed by atoms with E-state index in [4.69, 9.17) is 4.74 Å². The molecule has 112 valence electrons. The van der Waals surface area contributed by atoms with Gasteiger partial charge in [-0.05, 0) is 41.7 Å². The van der Waals surface area contributed by atoms with Gasteiger partial charge >= 0.3 is 0 Å². The van der Waals surface area contributed by atoms with Crippen LogP contribution in [0.2, 0.25) is 0 Å². The smallest absolute Gasteiger partial charge is 0.232 e. The molecule has 1 unspecified atom stereocenters. The van der Waals surface area contributed by atoms with Crippen molar-refractivity contribution in [2.45, 2.75) is 38.6 Å². The molecule has 2 heterocycles. The molecule has 0 bridgehead atoms. The Labute approximate surface area is 129 Å². The van der Waals surface area contributed by atoms with E-state index in [0.717, 1.165) is 36.5 Å². The monoisotopic (exact) mass is 342 g/mol. The van der Waals surface area contributed by atoms with Gasteiger partial charge < -0.3 is 15.0 Å². The number of nitrogens with zero attached hydrogens (tertiary/aromatic N) is 3. The minimum absolute atomic E-state index is 0.546. The van der Waals surface area contributed by atoms with Gasteiger partial charge in [0.05, 0.1) is 17.8 Å². The minimum Gasteiger partial charge on any atom is -0.480 e. The molecule has 0 aliphatic carbocycles. The summed E-state index contributed by atoms with van der Waals surface area (Å²) in [6, 6.07) is 0.546. The van der Waals surface area contributed by atoms with E-state index in [9.17, 15) is 0 Å². The summed E-state index contributed by atoms with van der Waals surface area (Å²) in [5.41, 5.74) is 0. The number of aromatic nitrogens is 2. The normalized spacial score (nSPS) is 18.2. The maximum atomic E-state index is 5.27. The van der Waals surface area contributed by atoms with Gasteiger partial charge in [-0.15, -0.1) is 0 Å². The maximum absolute atomic E-state index is 5.27. The lowest BCUT2D eigenvalue weighted by Gasteiger charge is -2.26. The average Bonchev–Trinajstić information content (AvgIpc) is 2.97. The highest BCUT2D eigenvalue weighted by molar-refractivity contribution is 9.10. The molecule has 1 aliphatic rings. The Balaban J connectivity index is 2.11. The first-order chi connectivity index (χ1) is 9.74. The zero-order valence-electron chi connectivity index (χ0n) is 12.2. The van der Waals surface area contributed by atoms with Crippen LogP contribution in [0.5, 0.6) is 5.88 Å². The molecule has 0 amide bonds. The molecular weight excluding hydrogens is 320 g/mol. The van der Waals surface area contributed by atoms with Gasteiger partial charge in [0.1, 0.15) is 0 Å². The Bertz CT molecular complexity index is 424. The number of unbranched alkanes of at least 4 members (excludes halogenated alkanes) is 1. The molecule has 1 saturated heterocycles. The highest BCUT2D eigenvalue weighted by Crippen LogP contribution is 2.24. The highest BCUT2D eigenvalue weighted by Gasteiger charge is 2.20. The van der Waals surface area contributed by atoms with Crippen molar-refractivity contribution in [3.05, 3.63) is 10.7 Å². The zero-order chi connectivity index (χ0) is 14.4. The molecule has 1 N–H and O–H groups in total. The Hall–Kier alpha value is -0.880. The van der Waals surface area contributed by atoms with Crippen LogP contribution in [0.1, 0.15) is 32.6 Å². The molecule has 1 atom stereocenters. The molecule has 5 nitrogen and oxygen atoms in total. The molecule has 1 fully saturated rings. The van der Waals surface area contributed by atoms with Crippen LogP contribution in [0.15, 0.2) is 10.7 Å². The Kier molecular flexibility index (Phi) is 6.04. The van der Waals surface area contributed by atoms with Gasteiger partial charge in [0.2, 0.25) is 11.8 Å². The lowest BCUT2D eigenvalue weighted by molar-refractivity contribution is 0.393. The topological polar surface area (TPSA) is 50.3 Å². The first-order valence-electron chi connectivity index (χ1n) is 7.29. The minimum atomic E-state index is 0.546. The number of anilines is 1. The number of halogens is 1. The number of hydrogen-bond acceptors (Lipinski definition) is 5. The first-order valence-corrected chi connectivity index (χ1v) is 8.08. The summed E-state index contributed by atoms with van der Waals surface area (Å²) in [6.07, 6.45) is 6.58. The average molecular weight is 343 g/mol. The third-order valence-corrected chi connectivity index (χ3v) is 4.10. The molecule has 1 aromatic rings. The molecule has 0 aromatic carbocycles. The lowest BCUT2D eigenvalue weighted by atomic mass is 10.2. The number of methoxy groups -OCH3 is 1. The lowest BCUT2D eigenvalue weighted by Crippen LogP contribution is -2.39. The Morgan fingerprint density at radius 1 is 1.55 bits per heavy atom. The predicted molar refractivity (Wildman–Crippen MR) is 84.4 cm³/mol. The van der Waals surface area contributed by atoms with Gasteiger partial charge in [0, 0.05) is 19.1 Å². The summed E-state index contributed by atoms with van der Waals surface area (Å²) < 4.78 is 6.06. The van der Waals surface area contributed by atoms with Crippen molar-refractivity contribution in [3.8, 4) is 5.88 Å². The molecule has 20 heavy (non-hydrogen) atoms. The van der Waals surface area contributed by atoms with E-state index >= 15 is 0 Å². The largest absolute Gasteiger partial charge is 0.480 e. The highest BCUT2D eigenvalue weighted by atomic mass is 79.9. The number of nitrogens with one attached hydrogen (secondary N) is 1. The van der Waals surface area contributed by atoms with Crippen molar-refractivity contribution in [3.63, 3.8) is 0 Å². The number of hydrogen-bond donors (Lipinski definition) is 1. The molecule has 1 aromatic heterocycles. The van der Waals surface area contributed by atoms with Gasteiger partial charge in [0.15, 0.2) is 0 Å². The fourth-order valence-electron chi connectivity index (χ4n) is 2.44. The quantitative estimate of drug-likeness (QED) is 0.825. The van der Waals surface area contributed by atoms with Gasteiger partial charge in [-0.3, -0.25) is 0 Å². The van der Waals surface area contributed by atoms with Gasteiger partial charge in [-0.25, -0.2) is 4.98 Å². The second kappa shape index (κ2) is 7.78. The van der Waals surface area contributed by atoms with Gasteiger partial charge in [-0.1, -0.05) is 13.3 Å². The molecule has 0 radical (unpaired) electrons. The fourth-order valence-corrected chi connectivity index (χ4v) is 2.79. The second-order valence-electron chi connectivity index (χ2n) is 5.12. The molecular formula is C14H23BrN4O. The van der Waals surface area contributed by atoms with Crippen molar-refractivity contribution < 1.29 is 4.74 Å². The summed E-state index contributed by atoms with van der Waals surface area (Å²) >= 11 is 3.40. The fraction of sp³-hybridized carbons (Fsp3) is 0.714. The number of ether oxygens (including phenoxy) is 1. The third-order valence-electron chi connectivity index (χ3n) is 3.56. The van der Waals surface area contributed by atoms with Crippen LogP contribution in [0.4, 0.5) is 5.95 Å². The summed E-state index contributed by atoms with van der Waals surface area (Å²) in [7, 11) is 1.63. The van der Waals surface area contributed by atoms with Crippen LogP contribution in [0.3, 0.4) is 0 Å². The Morgan fingerprint density at radius 2 is 2.40 bits per heavy atom. The maximum Gasteiger partial charge on any atom is 0.232 e. The van der Waals surface area contributed by atoms with Crippen molar-refractivity contribution in [2.75, 3.05) is 31.6 Å². The van der Waals surface area contributed by atoms with Crippen molar-refractivity contribution in [1.29, 1.82) is 0 Å². The zero-order valence-corrected chi connectivity index (χ0v) is 13.8. The molecule has 2 rings (SSSR count). The molecule has 0 spiro atoms. The van der Waals surface area contributed by atoms with Crippen molar-refractivity contribution in [1.82, 2.24) is 15.3 Å². The summed E-state index contributed by atoms with van der Waals surface area (Å²) in [5, 5.41) is 3.54. The standard InChI is InChI=1S/C14H23BrN4O/c1-3-4-8-19(10-11-6-5-7-16-11)14-17-9-12(15)13(18-14)20-2/h9,11,16H,3-8,10H2,1-2H3. The SMILES string of the molecule is CCCCN(CC1CCCN1)c1ncc(Br)c(OC)n1. The second-order valence-corrected chi connectivity index (χ2v) is 5.97. The molecule has 1 aliphatic heterocycles. The van der Waals surface area contributed by atoms with E-state index in [-0.39, 0.29) is 0 Å². The van der Waals surface area contributed by atoms with Crippen LogP contribution in [-0.2, 0) is 0 Å². The molecule has 6 heteroatoms. The molecule has 0 saturated carbocycles. The van der Waals surface area contributed by atoms with E-state index < -0.39 is 0 Å². The van der Waals surface area contributed by atoms with Crippen LogP contribution in [0, 0.1) is 0 Å². The van der Waals surface area contributed by atoms with E-state index in [0.29, 0.717) is 11.9 Å². The summed E-state index contributed by atoms with van der Waals surface area (Å²) in [4.78, 5) is 11.2. The van der Waals surface area contributed by atoms with E-state index in [1.54, 1.807) is 13.3 Å². The van der Waals surface area contributed by atoms with Crippen molar-refractivity contribution in [2.24, 2.45) is 0 Å². The van der Waals surface area contributed by atoms with E-state index in [1.165, 1.54) is 19.3 Å². The summed E-state index contributed by atoms with van der Waals surface area (Å²) in [5.74, 6) is 1.35. The van der Waals surface area contributed by atoms with Crippen LogP contribution in [-0.4, -0.2) is 42.8 Å². The van der Waals surface area contributed by atoms with Crippen molar-refractivity contribution >= 4 is 21.9 Å². The van der Waals surface area contributed by atoms with Gasteiger partial charge in [-0.2, -0.15) is 4.98 Å². The van der Waals surface area contributed by atoms with E-state index in [2.05, 4.69) is 43.0 Å². The summed E-state index contributed by atoms with van der Waals surface area (Å²) in [6.45, 7) is 5.27.